The third-order valence-electron chi connectivity index (χ3n) is 1.57. The number of ether oxygens (including phenoxy) is 1. The quantitative estimate of drug-likeness (QED) is 0.467. The molecule has 12 heavy (non-hydrogen) atoms. The summed E-state index contributed by atoms with van der Waals surface area (Å²) in [6.45, 7) is 9.02. The van der Waals surface area contributed by atoms with Crippen molar-refractivity contribution in [3.63, 3.8) is 0 Å². The van der Waals surface area contributed by atoms with E-state index in [0.29, 0.717) is 6.10 Å². The van der Waals surface area contributed by atoms with Gasteiger partial charge in [0, 0.05) is 6.54 Å². The molecule has 0 aromatic carbocycles. The Hall–Kier alpha value is -0.340. The molecular weight excluding hydrogens is 150 g/mol. The second-order valence-electron chi connectivity index (χ2n) is 2.92. The van der Waals surface area contributed by atoms with Crippen LogP contribution in [0.2, 0.25) is 0 Å². The maximum atomic E-state index is 5.48. The summed E-state index contributed by atoms with van der Waals surface area (Å²) in [5.41, 5.74) is 0. The van der Waals surface area contributed by atoms with E-state index in [2.05, 4.69) is 19.2 Å². The van der Waals surface area contributed by atoms with Crippen LogP contribution in [0, 0.1) is 0 Å². The standard InChI is InChI=1S/C10H21NO/c1-4-6-8-12-10(3)9-11-7-5-2/h4,6,10-11H,5,7-9H2,1-3H3. The molecule has 0 amide bonds. The average Bonchev–Trinajstić information content (AvgIpc) is 2.06. The summed E-state index contributed by atoms with van der Waals surface area (Å²) in [5, 5.41) is 3.31. The molecule has 0 aromatic heterocycles. The molecule has 1 atom stereocenters. The minimum absolute atomic E-state index is 0.313. The normalized spacial score (nSPS) is 13.9. The van der Waals surface area contributed by atoms with Crippen molar-refractivity contribution in [1.29, 1.82) is 0 Å². The molecule has 2 heteroatoms. The summed E-state index contributed by atoms with van der Waals surface area (Å²) in [5.74, 6) is 0. The summed E-state index contributed by atoms with van der Waals surface area (Å²) < 4.78 is 5.48. The van der Waals surface area contributed by atoms with Gasteiger partial charge in [-0.1, -0.05) is 19.1 Å². The lowest BCUT2D eigenvalue weighted by Crippen LogP contribution is -2.27. The molecule has 0 bridgehead atoms. The van der Waals surface area contributed by atoms with E-state index in [1.807, 2.05) is 19.1 Å². The predicted octanol–water partition coefficient (Wildman–Crippen LogP) is 1.97. The molecule has 72 valence electrons. The Kier molecular flexibility index (Phi) is 8.51. The number of nitrogens with one attached hydrogen (secondary N) is 1. The van der Waals surface area contributed by atoms with Crippen LogP contribution in [0.5, 0.6) is 0 Å². The van der Waals surface area contributed by atoms with Crippen LogP contribution in [0.15, 0.2) is 12.2 Å². The fourth-order valence-electron chi connectivity index (χ4n) is 0.857. The highest BCUT2D eigenvalue weighted by Crippen LogP contribution is 1.88. The van der Waals surface area contributed by atoms with E-state index in [1.54, 1.807) is 0 Å². The van der Waals surface area contributed by atoms with E-state index in [-0.39, 0.29) is 0 Å². The van der Waals surface area contributed by atoms with Gasteiger partial charge in [-0.2, -0.15) is 0 Å². The Morgan fingerprint density at radius 2 is 2.25 bits per heavy atom. The first-order chi connectivity index (χ1) is 5.81. The fraction of sp³-hybridized carbons (Fsp3) is 0.800. The van der Waals surface area contributed by atoms with Gasteiger partial charge < -0.3 is 10.1 Å². The third-order valence-corrected chi connectivity index (χ3v) is 1.57. The molecule has 0 aliphatic carbocycles. The molecule has 0 radical (unpaired) electrons. The Morgan fingerprint density at radius 3 is 2.83 bits per heavy atom. The van der Waals surface area contributed by atoms with Gasteiger partial charge in [-0.3, -0.25) is 0 Å². The van der Waals surface area contributed by atoms with Gasteiger partial charge in [-0.15, -0.1) is 0 Å². The van der Waals surface area contributed by atoms with Crippen LogP contribution in [-0.4, -0.2) is 25.8 Å². The van der Waals surface area contributed by atoms with Crippen molar-refractivity contribution in [3.05, 3.63) is 12.2 Å². The summed E-state index contributed by atoms with van der Waals surface area (Å²) in [4.78, 5) is 0. The van der Waals surface area contributed by atoms with Crippen molar-refractivity contribution in [2.45, 2.75) is 33.3 Å². The van der Waals surface area contributed by atoms with Crippen LogP contribution >= 0.6 is 0 Å². The monoisotopic (exact) mass is 171 g/mol. The maximum Gasteiger partial charge on any atom is 0.0675 e. The van der Waals surface area contributed by atoms with Gasteiger partial charge in [0.15, 0.2) is 0 Å². The van der Waals surface area contributed by atoms with Gasteiger partial charge in [0.05, 0.1) is 12.7 Å². The van der Waals surface area contributed by atoms with Crippen LogP contribution in [-0.2, 0) is 4.74 Å². The smallest absolute Gasteiger partial charge is 0.0675 e. The molecule has 0 rings (SSSR count). The van der Waals surface area contributed by atoms with E-state index in [1.165, 1.54) is 6.42 Å². The molecule has 2 nitrogen and oxygen atoms in total. The average molecular weight is 171 g/mol. The Labute approximate surface area is 76.0 Å². The van der Waals surface area contributed by atoms with Gasteiger partial charge in [0.25, 0.3) is 0 Å². The van der Waals surface area contributed by atoms with Crippen LogP contribution in [0.4, 0.5) is 0 Å². The first kappa shape index (κ1) is 11.7. The third kappa shape index (κ3) is 7.76. The zero-order chi connectivity index (χ0) is 9.23. The van der Waals surface area contributed by atoms with Crippen molar-refractivity contribution in [3.8, 4) is 0 Å². The summed E-state index contributed by atoms with van der Waals surface area (Å²) in [6.07, 6.45) is 5.53. The first-order valence-corrected chi connectivity index (χ1v) is 4.74. The molecule has 0 heterocycles. The van der Waals surface area contributed by atoms with Crippen LogP contribution in [0.1, 0.15) is 27.2 Å². The van der Waals surface area contributed by atoms with Crippen molar-refractivity contribution < 1.29 is 4.74 Å². The van der Waals surface area contributed by atoms with E-state index in [9.17, 15) is 0 Å². The predicted molar refractivity (Wildman–Crippen MR) is 53.4 cm³/mol. The molecule has 0 aromatic rings. The van der Waals surface area contributed by atoms with E-state index in [0.717, 1.165) is 19.7 Å². The molecule has 0 aliphatic heterocycles. The molecule has 0 aliphatic rings. The van der Waals surface area contributed by atoms with E-state index >= 15 is 0 Å². The Bertz CT molecular complexity index is 112. The SMILES string of the molecule is CC=CCOC(C)CNCCC. The van der Waals surface area contributed by atoms with Crippen LogP contribution in [0.3, 0.4) is 0 Å². The van der Waals surface area contributed by atoms with Crippen molar-refractivity contribution in [2.75, 3.05) is 19.7 Å². The minimum atomic E-state index is 0.313. The van der Waals surface area contributed by atoms with Crippen molar-refractivity contribution in [1.82, 2.24) is 5.32 Å². The minimum Gasteiger partial charge on any atom is -0.373 e. The van der Waals surface area contributed by atoms with Gasteiger partial charge in [-0.05, 0) is 26.8 Å². The molecule has 0 fully saturated rings. The highest BCUT2D eigenvalue weighted by Gasteiger charge is 1.98. The largest absolute Gasteiger partial charge is 0.373 e. The highest BCUT2D eigenvalue weighted by molar-refractivity contribution is 4.76. The first-order valence-electron chi connectivity index (χ1n) is 4.74. The second-order valence-corrected chi connectivity index (χ2v) is 2.92. The van der Waals surface area contributed by atoms with Crippen LogP contribution in [0.25, 0.3) is 0 Å². The Balaban J connectivity index is 3.15. The second kappa shape index (κ2) is 8.75. The number of rotatable bonds is 7. The fourth-order valence-corrected chi connectivity index (χ4v) is 0.857. The van der Waals surface area contributed by atoms with Crippen LogP contribution < -0.4 is 5.32 Å². The molecule has 0 saturated carbocycles. The number of allylic oxidation sites excluding steroid dienone is 1. The van der Waals surface area contributed by atoms with Gasteiger partial charge in [-0.25, -0.2) is 0 Å². The molecule has 0 spiro atoms. The van der Waals surface area contributed by atoms with Crippen molar-refractivity contribution >= 4 is 0 Å². The van der Waals surface area contributed by atoms with Gasteiger partial charge in [0.2, 0.25) is 0 Å². The highest BCUT2D eigenvalue weighted by atomic mass is 16.5. The zero-order valence-electron chi connectivity index (χ0n) is 8.47. The maximum absolute atomic E-state index is 5.48. The Morgan fingerprint density at radius 1 is 1.50 bits per heavy atom. The summed E-state index contributed by atoms with van der Waals surface area (Å²) in [6, 6.07) is 0. The number of hydrogen-bond acceptors (Lipinski definition) is 2. The molecule has 0 saturated heterocycles. The van der Waals surface area contributed by atoms with E-state index in [4.69, 9.17) is 4.74 Å². The summed E-state index contributed by atoms with van der Waals surface area (Å²) >= 11 is 0. The zero-order valence-corrected chi connectivity index (χ0v) is 8.47. The topological polar surface area (TPSA) is 21.3 Å². The lowest BCUT2D eigenvalue weighted by Gasteiger charge is -2.11. The van der Waals surface area contributed by atoms with E-state index < -0.39 is 0 Å². The molecule has 1 unspecified atom stereocenters. The van der Waals surface area contributed by atoms with Crippen molar-refractivity contribution in [2.24, 2.45) is 0 Å². The lowest BCUT2D eigenvalue weighted by molar-refractivity contribution is 0.0880. The lowest BCUT2D eigenvalue weighted by atomic mass is 10.4. The molecular formula is C10H21NO. The van der Waals surface area contributed by atoms with Gasteiger partial charge >= 0.3 is 0 Å². The summed E-state index contributed by atoms with van der Waals surface area (Å²) in [7, 11) is 0. The number of hydrogen-bond donors (Lipinski definition) is 1. The van der Waals surface area contributed by atoms with Gasteiger partial charge in [0.1, 0.15) is 0 Å². The molecule has 1 N–H and O–H groups in total.